The number of rotatable bonds is 6. The molecule has 0 saturated heterocycles. The Bertz CT molecular complexity index is 597. The summed E-state index contributed by atoms with van der Waals surface area (Å²) in [5.74, 6) is -1.06. The zero-order valence-corrected chi connectivity index (χ0v) is 12.8. The summed E-state index contributed by atoms with van der Waals surface area (Å²) in [6.07, 6.45) is 0.649. The van der Waals surface area contributed by atoms with Crippen molar-refractivity contribution in [1.29, 1.82) is 0 Å². The topological polar surface area (TPSA) is 83.9 Å². The fraction of sp³-hybridized carbons (Fsp3) is 0.462. The average Bonchev–Trinajstić information content (AvgIpc) is 2.44. The van der Waals surface area contributed by atoms with Gasteiger partial charge in [0.2, 0.25) is 10.0 Å². The van der Waals surface area contributed by atoms with Gasteiger partial charge in [0.15, 0.2) is 0 Å². The van der Waals surface area contributed by atoms with Gasteiger partial charge in [0.25, 0.3) is 0 Å². The number of nitrogens with zero attached hydrogens (tertiary/aromatic N) is 1. The molecule has 1 aromatic carbocycles. The molecule has 0 bridgehead atoms. The molecular weight excluding hydrogens is 282 g/mol. The van der Waals surface area contributed by atoms with E-state index in [9.17, 15) is 13.2 Å². The van der Waals surface area contributed by atoms with E-state index in [1.807, 2.05) is 6.92 Å². The van der Waals surface area contributed by atoms with Crippen LogP contribution < -0.4 is 4.74 Å². The number of hydrogen-bond donors (Lipinski definition) is 1. The van der Waals surface area contributed by atoms with Gasteiger partial charge in [0.1, 0.15) is 10.6 Å². The number of sulfonamides is 1. The maximum atomic E-state index is 12.5. The SMILES string of the molecule is CCC(C)N(C)S(=O)(=O)c1cc(C(=O)O)ccc1OC. The maximum absolute atomic E-state index is 12.5. The van der Waals surface area contributed by atoms with Crippen LogP contribution in [0.5, 0.6) is 5.75 Å². The standard InChI is InChI=1S/C13H19NO5S/c1-5-9(2)14(3)20(17,18)12-8-10(13(15)16)6-7-11(12)19-4/h6-9H,5H2,1-4H3,(H,15,16). The molecule has 0 saturated carbocycles. The zero-order chi connectivity index (χ0) is 15.5. The van der Waals surface area contributed by atoms with E-state index in [4.69, 9.17) is 9.84 Å². The van der Waals surface area contributed by atoms with Crippen molar-refractivity contribution in [3.63, 3.8) is 0 Å². The zero-order valence-electron chi connectivity index (χ0n) is 12.0. The number of hydrogen-bond acceptors (Lipinski definition) is 4. The number of carboxylic acid groups (broad SMARTS) is 1. The molecule has 6 nitrogen and oxygen atoms in total. The monoisotopic (exact) mass is 301 g/mol. The molecule has 1 rings (SSSR count). The summed E-state index contributed by atoms with van der Waals surface area (Å²) in [4.78, 5) is 10.9. The molecule has 1 aromatic rings. The van der Waals surface area contributed by atoms with Gasteiger partial charge in [0, 0.05) is 13.1 Å². The highest BCUT2D eigenvalue weighted by Crippen LogP contribution is 2.28. The summed E-state index contributed by atoms with van der Waals surface area (Å²) in [6.45, 7) is 3.66. The van der Waals surface area contributed by atoms with E-state index in [0.717, 1.165) is 6.07 Å². The Hall–Kier alpha value is -1.60. The number of benzene rings is 1. The van der Waals surface area contributed by atoms with Crippen molar-refractivity contribution in [2.45, 2.75) is 31.2 Å². The van der Waals surface area contributed by atoms with Crippen LogP contribution in [-0.2, 0) is 10.0 Å². The Morgan fingerprint density at radius 2 is 2.05 bits per heavy atom. The molecule has 0 fully saturated rings. The van der Waals surface area contributed by atoms with Gasteiger partial charge in [-0.25, -0.2) is 13.2 Å². The van der Waals surface area contributed by atoms with Crippen LogP contribution in [0.4, 0.5) is 0 Å². The molecule has 0 aliphatic carbocycles. The molecule has 0 amide bonds. The summed E-state index contributed by atoms with van der Waals surface area (Å²) < 4.78 is 31.3. The van der Waals surface area contributed by atoms with Crippen LogP contribution in [-0.4, -0.2) is 44.0 Å². The van der Waals surface area contributed by atoms with Gasteiger partial charge in [-0.2, -0.15) is 4.31 Å². The first-order chi connectivity index (χ1) is 9.25. The second-order valence-electron chi connectivity index (χ2n) is 4.45. The number of methoxy groups -OCH3 is 1. The lowest BCUT2D eigenvalue weighted by atomic mass is 10.2. The summed E-state index contributed by atoms with van der Waals surface area (Å²) in [5, 5.41) is 8.98. The molecule has 0 heterocycles. The number of carboxylic acids is 1. The fourth-order valence-electron chi connectivity index (χ4n) is 1.66. The smallest absolute Gasteiger partial charge is 0.335 e. The van der Waals surface area contributed by atoms with E-state index in [-0.39, 0.29) is 22.3 Å². The van der Waals surface area contributed by atoms with Gasteiger partial charge in [-0.05, 0) is 31.5 Å². The van der Waals surface area contributed by atoms with Crippen molar-refractivity contribution in [2.75, 3.05) is 14.2 Å². The van der Waals surface area contributed by atoms with E-state index in [1.54, 1.807) is 6.92 Å². The van der Waals surface area contributed by atoms with Crippen molar-refractivity contribution in [1.82, 2.24) is 4.31 Å². The van der Waals surface area contributed by atoms with E-state index in [1.165, 1.54) is 30.6 Å². The van der Waals surface area contributed by atoms with Gasteiger partial charge >= 0.3 is 5.97 Å². The number of aromatic carboxylic acids is 1. The molecule has 0 aliphatic heterocycles. The van der Waals surface area contributed by atoms with Gasteiger partial charge in [-0.1, -0.05) is 6.92 Å². The molecule has 112 valence electrons. The first-order valence-corrected chi connectivity index (χ1v) is 7.59. The van der Waals surface area contributed by atoms with Crippen LogP contribution in [0.25, 0.3) is 0 Å². The minimum absolute atomic E-state index is 0.0954. The predicted octanol–water partition coefficient (Wildman–Crippen LogP) is 1.81. The molecule has 20 heavy (non-hydrogen) atoms. The number of carbonyl (C=O) groups is 1. The van der Waals surface area contributed by atoms with Crippen molar-refractivity contribution in [3.05, 3.63) is 23.8 Å². The summed E-state index contributed by atoms with van der Waals surface area (Å²) >= 11 is 0. The minimum atomic E-state index is -3.80. The molecule has 0 aromatic heterocycles. The molecular formula is C13H19NO5S. The quantitative estimate of drug-likeness (QED) is 0.866. The molecule has 0 radical (unpaired) electrons. The molecule has 0 aliphatic rings. The molecule has 1 unspecified atom stereocenters. The van der Waals surface area contributed by atoms with Crippen LogP contribution in [0.3, 0.4) is 0 Å². The third-order valence-corrected chi connectivity index (χ3v) is 5.27. The van der Waals surface area contributed by atoms with Crippen LogP contribution in [0.1, 0.15) is 30.6 Å². The lowest BCUT2D eigenvalue weighted by Gasteiger charge is -2.24. The number of ether oxygens (including phenoxy) is 1. The van der Waals surface area contributed by atoms with Crippen LogP contribution in [0.15, 0.2) is 23.1 Å². The Kier molecular flexibility index (Phi) is 5.13. The second-order valence-corrected chi connectivity index (χ2v) is 6.42. The highest BCUT2D eigenvalue weighted by atomic mass is 32.2. The second kappa shape index (κ2) is 6.23. The van der Waals surface area contributed by atoms with E-state index < -0.39 is 16.0 Å². The van der Waals surface area contributed by atoms with E-state index in [2.05, 4.69) is 0 Å². The summed E-state index contributed by atoms with van der Waals surface area (Å²) in [6, 6.07) is 3.58. The molecule has 0 spiro atoms. The van der Waals surface area contributed by atoms with Crippen LogP contribution in [0, 0.1) is 0 Å². The lowest BCUT2D eigenvalue weighted by molar-refractivity contribution is 0.0696. The van der Waals surface area contributed by atoms with Crippen LogP contribution in [0.2, 0.25) is 0 Å². The highest BCUT2D eigenvalue weighted by molar-refractivity contribution is 7.89. The summed E-state index contributed by atoms with van der Waals surface area (Å²) in [5.41, 5.74) is -0.0954. The van der Waals surface area contributed by atoms with Crippen molar-refractivity contribution < 1.29 is 23.1 Å². The maximum Gasteiger partial charge on any atom is 0.335 e. The fourth-order valence-corrected chi connectivity index (χ4v) is 3.28. The average molecular weight is 301 g/mol. The third kappa shape index (κ3) is 3.10. The molecule has 1 N–H and O–H groups in total. The van der Waals surface area contributed by atoms with Crippen LogP contribution >= 0.6 is 0 Å². The van der Waals surface area contributed by atoms with E-state index in [0.29, 0.717) is 6.42 Å². The predicted molar refractivity (Wildman–Crippen MR) is 74.7 cm³/mol. The first kappa shape index (κ1) is 16.5. The van der Waals surface area contributed by atoms with Gasteiger partial charge in [0.05, 0.1) is 12.7 Å². The Morgan fingerprint density at radius 1 is 1.45 bits per heavy atom. The largest absolute Gasteiger partial charge is 0.495 e. The summed E-state index contributed by atoms with van der Waals surface area (Å²) in [7, 11) is -0.990. The normalized spacial score (nSPS) is 13.2. The van der Waals surface area contributed by atoms with E-state index >= 15 is 0 Å². The Labute approximate surface area is 119 Å². The van der Waals surface area contributed by atoms with Gasteiger partial charge in [-0.3, -0.25) is 0 Å². The van der Waals surface area contributed by atoms with Gasteiger partial charge < -0.3 is 9.84 Å². The van der Waals surface area contributed by atoms with Crippen molar-refractivity contribution in [2.24, 2.45) is 0 Å². The van der Waals surface area contributed by atoms with Crippen molar-refractivity contribution >= 4 is 16.0 Å². The Morgan fingerprint density at radius 3 is 2.50 bits per heavy atom. The molecule has 7 heteroatoms. The van der Waals surface area contributed by atoms with Crippen molar-refractivity contribution in [3.8, 4) is 5.75 Å². The minimum Gasteiger partial charge on any atom is -0.495 e. The Balaban J connectivity index is 3.42. The molecule has 1 atom stereocenters. The highest BCUT2D eigenvalue weighted by Gasteiger charge is 2.28. The lowest BCUT2D eigenvalue weighted by Crippen LogP contribution is -2.34. The first-order valence-electron chi connectivity index (χ1n) is 6.15. The third-order valence-electron chi connectivity index (χ3n) is 3.28. The van der Waals surface area contributed by atoms with Gasteiger partial charge in [-0.15, -0.1) is 0 Å².